The number of oxazole rings is 1. The number of alkyl halides is 3. The molecule has 0 aromatic carbocycles. The van der Waals surface area contributed by atoms with Gasteiger partial charge in [0.25, 0.3) is 0 Å². The minimum absolute atomic E-state index is 0.0358. The number of carbonyl (C=O) groups excluding carboxylic acids is 1. The third-order valence-electron chi connectivity index (χ3n) is 3.41. The molecule has 3 rings (SSSR count). The first-order valence-corrected chi connectivity index (χ1v) is 8.27. The molecule has 0 aliphatic heterocycles. The summed E-state index contributed by atoms with van der Waals surface area (Å²) in [5, 5.41) is 14.8. The van der Waals surface area contributed by atoms with Crippen LogP contribution in [-0.2, 0) is 30.5 Å². The van der Waals surface area contributed by atoms with Crippen LogP contribution in [0.4, 0.5) is 13.2 Å². The molecule has 0 fully saturated rings. The summed E-state index contributed by atoms with van der Waals surface area (Å²) in [6.45, 7) is 1.10. The summed E-state index contributed by atoms with van der Waals surface area (Å²) >= 11 is 1.23. The number of carbonyl (C=O) groups is 1. The second-order valence-electron chi connectivity index (χ2n) is 5.45. The van der Waals surface area contributed by atoms with Crippen LogP contribution in [0.15, 0.2) is 22.2 Å². The van der Waals surface area contributed by atoms with E-state index in [4.69, 9.17) is 9.52 Å². The highest BCUT2D eigenvalue weighted by molar-refractivity contribution is 7.10. The number of aryl methyl sites for hydroxylation is 1. The van der Waals surface area contributed by atoms with E-state index in [9.17, 15) is 18.0 Å². The summed E-state index contributed by atoms with van der Waals surface area (Å²) in [4.78, 5) is 20.4. The highest BCUT2D eigenvalue weighted by Crippen LogP contribution is 2.29. The molecule has 0 unspecified atom stereocenters. The molecule has 0 saturated heterocycles. The summed E-state index contributed by atoms with van der Waals surface area (Å²) in [5.74, 6) is 0.251. The Labute approximate surface area is 149 Å². The summed E-state index contributed by atoms with van der Waals surface area (Å²) in [7, 11) is 0. The molecule has 0 aliphatic rings. The van der Waals surface area contributed by atoms with Gasteiger partial charge < -0.3 is 9.52 Å². The van der Waals surface area contributed by atoms with Gasteiger partial charge in [0.1, 0.15) is 17.3 Å². The Morgan fingerprint density at radius 2 is 2.15 bits per heavy atom. The highest BCUT2D eigenvalue weighted by atomic mass is 32.1. The van der Waals surface area contributed by atoms with Gasteiger partial charge in [0.15, 0.2) is 11.5 Å². The van der Waals surface area contributed by atoms with Crippen molar-refractivity contribution in [3.63, 3.8) is 0 Å². The predicted octanol–water partition coefficient (Wildman–Crippen LogP) is 2.63. The molecule has 0 aliphatic carbocycles. The summed E-state index contributed by atoms with van der Waals surface area (Å²) in [6.07, 6.45) is -3.06. The Balaban J connectivity index is 1.66. The van der Waals surface area contributed by atoms with Crippen LogP contribution >= 0.6 is 11.3 Å². The molecule has 7 nitrogen and oxygen atoms in total. The minimum Gasteiger partial charge on any atom is -0.436 e. The van der Waals surface area contributed by atoms with Crippen molar-refractivity contribution < 1.29 is 27.5 Å². The van der Waals surface area contributed by atoms with Crippen molar-refractivity contribution in [2.24, 2.45) is 0 Å². The maximum Gasteiger partial charge on any atom is 0.419 e. The molecule has 26 heavy (non-hydrogen) atoms. The van der Waals surface area contributed by atoms with Crippen LogP contribution < -0.4 is 0 Å². The SMILES string of the molecule is Cc1nc(CO)oc1-c1csc(CC(=O)Cn2cc(C(F)(F)F)cn2)n1. The fourth-order valence-corrected chi connectivity index (χ4v) is 3.06. The molecule has 3 aromatic rings. The van der Waals surface area contributed by atoms with E-state index in [2.05, 4.69) is 15.1 Å². The Kier molecular flexibility index (Phi) is 4.92. The van der Waals surface area contributed by atoms with Gasteiger partial charge in [0.2, 0.25) is 5.89 Å². The van der Waals surface area contributed by atoms with E-state index in [1.807, 2.05) is 0 Å². The van der Waals surface area contributed by atoms with Gasteiger partial charge in [-0.2, -0.15) is 18.3 Å². The van der Waals surface area contributed by atoms with Crippen molar-refractivity contribution in [3.8, 4) is 11.5 Å². The van der Waals surface area contributed by atoms with Crippen LogP contribution in [0.3, 0.4) is 0 Å². The number of hydrogen-bond acceptors (Lipinski definition) is 7. The second-order valence-corrected chi connectivity index (χ2v) is 6.39. The van der Waals surface area contributed by atoms with Gasteiger partial charge in [-0.15, -0.1) is 11.3 Å². The summed E-state index contributed by atoms with van der Waals surface area (Å²) in [5.41, 5.74) is 0.150. The van der Waals surface area contributed by atoms with Crippen LogP contribution in [0.2, 0.25) is 0 Å². The second kappa shape index (κ2) is 7.00. The standard InChI is InChI=1S/C15H13F3N4O3S/c1-8-14(25-12(6-23)20-8)11-7-26-13(21-11)2-10(24)5-22-4-9(3-19-22)15(16,17)18/h3-4,7,23H,2,5-6H2,1H3. The number of Topliss-reactive ketones (excluding diaryl/α,β-unsaturated/α-hetero) is 1. The molecule has 138 valence electrons. The number of aromatic nitrogens is 4. The molecule has 0 spiro atoms. The van der Waals surface area contributed by atoms with Gasteiger partial charge in [0.05, 0.1) is 30.4 Å². The Morgan fingerprint density at radius 1 is 1.38 bits per heavy atom. The summed E-state index contributed by atoms with van der Waals surface area (Å²) < 4.78 is 43.9. The van der Waals surface area contributed by atoms with E-state index in [0.29, 0.717) is 28.4 Å². The molecule has 0 atom stereocenters. The number of ketones is 1. The lowest BCUT2D eigenvalue weighted by Gasteiger charge is -2.01. The first kappa shape index (κ1) is 18.3. The molecule has 3 aromatic heterocycles. The minimum atomic E-state index is -4.49. The highest BCUT2D eigenvalue weighted by Gasteiger charge is 2.32. The number of halogens is 3. The van der Waals surface area contributed by atoms with E-state index >= 15 is 0 Å². The average molecular weight is 386 g/mol. The molecule has 1 N–H and O–H groups in total. The molecule has 0 bridgehead atoms. The number of aliphatic hydroxyl groups is 1. The van der Waals surface area contributed by atoms with Gasteiger partial charge in [-0.1, -0.05) is 0 Å². The normalized spacial score (nSPS) is 11.9. The molecular weight excluding hydrogens is 373 g/mol. The van der Waals surface area contributed by atoms with Gasteiger partial charge in [-0.25, -0.2) is 9.97 Å². The maximum absolute atomic E-state index is 12.5. The molecule has 11 heteroatoms. The number of thiazole rings is 1. The van der Waals surface area contributed by atoms with Crippen molar-refractivity contribution >= 4 is 17.1 Å². The van der Waals surface area contributed by atoms with E-state index in [1.54, 1.807) is 12.3 Å². The van der Waals surface area contributed by atoms with Crippen LogP contribution in [-0.4, -0.2) is 30.6 Å². The van der Waals surface area contributed by atoms with Crippen LogP contribution in [0.5, 0.6) is 0 Å². The van der Waals surface area contributed by atoms with E-state index < -0.39 is 11.7 Å². The van der Waals surface area contributed by atoms with Crippen molar-refractivity contribution in [1.29, 1.82) is 0 Å². The molecule has 0 saturated carbocycles. The third-order valence-corrected chi connectivity index (χ3v) is 4.26. The molecule has 3 heterocycles. The number of nitrogens with zero attached hydrogens (tertiary/aromatic N) is 4. The lowest BCUT2D eigenvalue weighted by molar-refractivity contribution is -0.137. The number of rotatable bonds is 6. The first-order chi connectivity index (χ1) is 12.3. The first-order valence-electron chi connectivity index (χ1n) is 7.39. The van der Waals surface area contributed by atoms with Crippen molar-refractivity contribution in [2.45, 2.75) is 32.7 Å². The topological polar surface area (TPSA) is 94.0 Å². The van der Waals surface area contributed by atoms with Crippen LogP contribution in [0.1, 0.15) is 22.2 Å². The van der Waals surface area contributed by atoms with Gasteiger partial charge in [0, 0.05) is 11.6 Å². The smallest absolute Gasteiger partial charge is 0.419 e. The predicted molar refractivity (Wildman–Crippen MR) is 84.2 cm³/mol. The Hall–Kier alpha value is -2.53. The molecule has 0 radical (unpaired) electrons. The van der Waals surface area contributed by atoms with E-state index in [0.717, 1.165) is 10.9 Å². The van der Waals surface area contributed by atoms with Gasteiger partial charge in [-0.05, 0) is 6.92 Å². The lowest BCUT2D eigenvalue weighted by Crippen LogP contribution is -2.13. The zero-order valence-corrected chi connectivity index (χ0v) is 14.3. The van der Waals surface area contributed by atoms with Gasteiger partial charge in [-0.3, -0.25) is 9.48 Å². The van der Waals surface area contributed by atoms with Crippen molar-refractivity contribution in [1.82, 2.24) is 19.7 Å². The summed E-state index contributed by atoms with van der Waals surface area (Å²) in [6, 6.07) is 0. The largest absolute Gasteiger partial charge is 0.436 e. The fraction of sp³-hybridized carbons (Fsp3) is 0.333. The van der Waals surface area contributed by atoms with Crippen LogP contribution in [0.25, 0.3) is 11.5 Å². The lowest BCUT2D eigenvalue weighted by atomic mass is 10.3. The average Bonchev–Trinajstić information content (AvgIpc) is 3.26. The van der Waals surface area contributed by atoms with Gasteiger partial charge >= 0.3 is 6.18 Å². The Morgan fingerprint density at radius 3 is 2.77 bits per heavy atom. The zero-order chi connectivity index (χ0) is 18.9. The monoisotopic (exact) mass is 386 g/mol. The van der Waals surface area contributed by atoms with Crippen molar-refractivity contribution in [2.75, 3.05) is 0 Å². The zero-order valence-electron chi connectivity index (χ0n) is 13.4. The maximum atomic E-state index is 12.5. The molecular formula is C15H13F3N4O3S. The van der Waals surface area contributed by atoms with Crippen molar-refractivity contribution in [3.05, 3.63) is 39.9 Å². The van der Waals surface area contributed by atoms with E-state index in [-0.39, 0.29) is 31.2 Å². The Bertz CT molecular complexity index is 929. The quantitative estimate of drug-likeness (QED) is 0.700. The third kappa shape index (κ3) is 3.99. The number of hydrogen-bond donors (Lipinski definition) is 1. The fourth-order valence-electron chi connectivity index (χ4n) is 2.26. The van der Waals surface area contributed by atoms with E-state index in [1.165, 1.54) is 11.3 Å². The van der Waals surface area contributed by atoms with Crippen LogP contribution in [0, 0.1) is 6.92 Å². The number of aliphatic hydroxyl groups excluding tert-OH is 1. The molecule has 0 amide bonds.